The van der Waals surface area contributed by atoms with Crippen LogP contribution >= 0.6 is 0 Å². The molecule has 1 atom stereocenters. The molecule has 1 aliphatic heterocycles. The number of nitrogens with one attached hydrogen (secondary N) is 1. The molecule has 5 N–H and O–H groups in total. The van der Waals surface area contributed by atoms with Crippen LogP contribution in [-0.4, -0.2) is 45.0 Å². The number of methoxy groups -OCH3 is 1. The summed E-state index contributed by atoms with van der Waals surface area (Å²) in [6, 6.07) is 2.81. The van der Waals surface area contributed by atoms with Crippen molar-refractivity contribution in [3.8, 4) is 17.2 Å². The van der Waals surface area contributed by atoms with Crippen LogP contribution in [0, 0.1) is 0 Å². The van der Waals surface area contributed by atoms with Crippen molar-refractivity contribution < 1.29 is 26.3 Å². The third-order valence-corrected chi connectivity index (χ3v) is 8.56. The van der Waals surface area contributed by atoms with Gasteiger partial charge in [0.05, 0.1) is 19.1 Å². The fourth-order valence-corrected chi connectivity index (χ4v) is 6.83. The van der Waals surface area contributed by atoms with E-state index in [1.807, 2.05) is 13.8 Å². The molecular formula is C18H25N5O6S2. The zero-order chi connectivity index (χ0) is 23.0. The van der Waals surface area contributed by atoms with E-state index in [1.54, 1.807) is 0 Å². The fourth-order valence-electron chi connectivity index (χ4n) is 3.22. The maximum Gasteiger partial charge on any atom is 0.245 e. The third-order valence-electron chi connectivity index (χ3n) is 4.84. The van der Waals surface area contributed by atoms with Crippen molar-refractivity contribution in [2.24, 2.45) is 0 Å². The van der Waals surface area contributed by atoms with E-state index < -0.39 is 25.2 Å². The van der Waals surface area contributed by atoms with Crippen molar-refractivity contribution in [2.45, 2.75) is 42.9 Å². The van der Waals surface area contributed by atoms with Crippen molar-refractivity contribution in [2.75, 3.05) is 24.3 Å². The molecule has 0 bridgehead atoms. The van der Waals surface area contributed by atoms with Gasteiger partial charge >= 0.3 is 0 Å². The molecule has 13 heteroatoms. The lowest BCUT2D eigenvalue weighted by Gasteiger charge is -2.20. The van der Waals surface area contributed by atoms with Gasteiger partial charge in [-0.3, -0.25) is 0 Å². The number of benzene rings is 1. The van der Waals surface area contributed by atoms with Crippen LogP contribution in [0.25, 0.3) is 0 Å². The average Bonchev–Trinajstić information content (AvgIpc) is 3.00. The van der Waals surface area contributed by atoms with Crippen LogP contribution in [0.4, 0.5) is 11.8 Å². The standard InChI is InChI=1S/C18H25N5O6S2/c1-10(2)11-7-13(28-3)15(31(26,27)23-16-5-4-6-30(16,24)25)8-12(11)29-14-9-21-18(20)22-17(14)19/h7-10,16,23H,4-6H2,1-3H3,(H4,19,20,21,22). The Morgan fingerprint density at radius 1 is 1.19 bits per heavy atom. The molecule has 2 heterocycles. The summed E-state index contributed by atoms with van der Waals surface area (Å²) in [5.74, 6) is 0.155. The van der Waals surface area contributed by atoms with E-state index in [0.29, 0.717) is 12.0 Å². The Hall–Kier alpha value is -2.64. The van der Waals surface area contributed by atoms with Crippen molar-refractivity contribution in [3.63, 3.8) is 0 Å². The molecule has 11 nitrogen and oxygen atoms in total. The number of nitrogens with zero attached hydrogens (tertiary/aromatic N) is 2. The number of ether oxygens (including phenoxy) is 2. The highest BCUT2D eigenvalue weighted by atomic mass is 32.2. The molecule has 1 fully saturated rings. The first-order valence-corrected chi connectivity index (χ1v) is 12.7. The molecule has 0 saturated carbocycles. The Labute approximate surface area is 181 Å². The molecule has 170 valence electrons. The highest BCUT2D eigenvalue weighted by Gasteiger charge is 2.36. The summed E-state index contributed by atoms with van der Waals surface area (Å²) in [5.41, 5.74) is 12.0. The zero-order valence-electron chi connectivity index (χ0n) is 17.3. The maximum atomic E-state index is 13.1. The number of rotatable bonds is 7. The summed E-state index contributed by atoms with van der Waals surface area (Å²) in [5, 5.41) is -1.18. The van der Waals surface area contributed by atoms with E-state index in [0.717, 1.165) is 0 Å². The number of sulfone groups is 1. The van der Waals surface area contributed by atoms with Gasteiger partial charge in [0, 0.05) is 11.6 Å². The van der Waals surface area contributed by atoms with Crippen LogP contribution in [0.3, 0.4) is 0 Å². The molecule has 0 radical (unpaired) electrons. The van der Waals surface area contributed by atoms with E-state index in [-0.39, 0.29) is 52.0 Å². The number of hydrogen-bond donors (Lipinski definition) is 3. The molecule has 0 spiro atoms. The van der Waals surface area contributed by atoms with Crippen LogP contribution in [0.1, 0.15) is 38.2 Å². The van der Waals surface area contributed by atoms with E-state index in [2.05, 4.69) is 14.7 Å². The zero-order valence-corrected chi connectivity index (χ0v) is 19.0. The number of anilines is 2. The Balaban J connectivity index is 2.08. The quantitative estimate of drug-likeness (QED) is 0.534. The minimum Gasteiger partial charge on any atom is -0.495 e. The molecule has 1 saturated heterocycles. The molecular weight excluding hydrogens is 446 g/mol. The smallest absolute Gasteiger partial charge is 0.245 e. The number of aromatic nitrogens is 2. The molecule has 1 aromatic carbocycles. The Bertz CT molecular complexity index is 1200. The summed E-state index contributed by atoms with van der Waals surface area (Å²) in [4.78, 5) is 7.41. The van der Waals surface area contributed by atoms with Crippen molar-refractivity contribution in [1.82, 2.24) is 14.7 Å². The molecule has 0 aliphatic carbocycles. The van der Waals surface area contributed by atoms with Gasteiger partial charge in [-0.2, -0.15) is 9.71 Å². The molecule has 1 aliphatic rings. The third kappa shape index (κ3) is 4.83. The molecule has 2 aromatic rings. The first-order valence-electron chi connectivity index (χ1n) is 9.46. The Morgan fingerprint density at radius 2 is 1.90 bits per heavy atom. The van der Waals surface area contributed by atoms with Gasteiger partial charge in [0.2, 0.25) is 16.0 Å². The Kier molecular flexibility index (Phi) is 6.30. The van der Waals surface area contributed by atoms with Gasteiger partial charge in [-0.15, -0.1) is 0 Å². The summed E-state index contributed by atoms with van der Waals surface area (Å²) < 4.78 is 63.8. The predicted octanol–water partition coefficient (Wildman–Crippen LogP) is 1.38. The average molecular weight is 472 g/mol. The largest absolute Gasteiger partial charge is 0.495 e. The van der Waals surface area contributed by atoms with E-state index in [1.165, 1.54) is 25.4 Å². The van der Waals surface area contributed by atoms with Gasteiger partial charge in [-0.05, 0) is 24.8 Å². The summed E-state index contributed by atoms with van der Waals surface area (Å²) in [6.07, 6.45) is 1.88. The van der Waals surface area contributed by atoms with Crippen LogP contribution in [-0.2, 0) is 19.9 Å². The second-order valence-corrected chi connectivity index (χ2v) is 11.4. The van der Waals surface area contributed by atoms with Gasteiger partial charge in [0.25, 0.3) is 0 Å². The minimum absolute atomic E-state index is 0.0161. The molecule has 1 unspecified atom stereocenters. The molecule has 3 rings (SSSR count). The SMILES string of the molecule is COc1cc(C(C)C)c(Oc2cnc(N)nc2N)cc1S(=O)(=O)NC1CCCS1(=O)=O. The first kappa shape index (κ1) is 23.0. The van der Waals surface area contributed by atoms with E-state index >= 15 is 0 Å². The van der Waals surface area contributed by atoms with Gasteiger partial charge in [-0.25, -0.2) is 21.8 Å². The number of sulfonamides is 1. The van der Waals surface area contributed by atoms with Crippen LogP contribution < -0.4 is 25.7 Å². The lowest BCUT2D eigenvalue weighted by atomic mass is 10.0. The number of nitrogens with two attached hydrogens (primary N) is 2. The highest BCUT2D eigenvalue weighted by Crippen LogP contribution is 2.39. The van der Waals surface area contributed by atoms with Crippen LogP contribution in [0.5, 0.6) is 17.2 Å². The second kappa shape index (κ2) is 8.48. The summed E-state index contributed by atoms with van der Waals surface area (Å²) in [7, 11) is -6.46. The van der Waals surface area contributed by atoms with Crippen molar-refractivity contribution in [3.05, 3.63) is 23.9 Å². The van der Waals surface area contributed by atoms with Crippen LogP contribution in [0.2, 0.25) is 0 Å². The lowest BCUT2D eigenvalue weighted by Crippen LogP contribution is -2.38. The lowest BCUT2D eigenvalue weighted by molar-refractivity contribution is 0.397. The number of nitrogen functional groups attached to an aromatic ring is 2. The summed E-state index contributed by atoms with van der Waals surface area (Å²) >= 11 is 0. The second-order valence-electron chi connectivity index (χ2n) is 7.39. The number of hydrogen-bond acceptors (Lipinski definition) is 10. The summed E-state index contributed by atoms with van der Waals surface area (Å²) in [6.45, 7) is 3.78. The van der Waals surface area contributed by atoms with Gasteiger partial charge in [-0.1, -0.05) is 13.8 Å². The van der Waals surface area contributed by atoms with Gasteiger partial charge in [0.1, 0.15) is 21.8 Å². The molecule has 1 aromatic heterocycles. The normalized spacial score (nSPS) is 18.3. The maximum absolute atomic E-state index is 13.1. The Morgan fingerprint density at radius 3 is 2.45 bits per heavy atom. The molecule has 0 amide bonds. The fraction of sp³-hybridized carbons (Fsp3) is 0.444. The predicted molar refractivity (Wildman–Crippen MR) is 115 cm³/mol. The topological polar surface area (TPSA) is 177 Å². The minimum atomic E-state index is -4.25. The highest BCUT2D eigenvalue weighted by molar-refractivity contribution is 7.94. The first-order chi connectivity index (χ1) is 14.4. The van der Waals surface area contributed by atoms with Crippen molar-refractivity contribution >= 4 is 31.6 Å². The van der Waals surface area contributed by atoms with Gasteiger partial charge < -0.3 is 20.9 Å². The van der Waals surface area contributed by atoms with Crippen molar-refractivity contribution in [1.29, 1.82) is 0 Å². The van der Waals surface area contributed by atoms with Crippen LogP contribution in [0.15, 0.2) is 23.2 Å². The van der Waals surface area contributed by atoms with E-state index in [4.69, 9.17) is 20.9 Å². The van der Waals surface area contributed by atoms with Gasteiger partial charge in [0.15, 0.2) is 21.4 Å². The molecule has 31 heavy (non-hydrogen) atoms. The van der Waals surface area contributed by atoms with E-state index in [9.17, 15) is 16.8 Å². The monoisotopic (exact) mass is 471 g/mol.